The molecule has 0 atom stereocenters. The number of fused-ring (bicyclic) bond motifs is 1. The van der Waals surface area contributed by atoms with Gasteiger partial charge in [-0.2, -0.15) is 5.10 Å². The van der Waals surface area contributed by atoms with E-state index in [2.05, 4.69) is 14.8 Å². The number of nitrogens with one attached hydrogen (secondary N) is 1. The molecule has 3 aromatic carbocycles. The maximum absolute atomic E-state index is 15.1. The van der Waals surface area contributed by atoms with Gasteiger partial charge in [0.05, 0.1) is 21.7 Å². The molecule has 0 spiro atoms. The molecule has 0 saturated carbocycles. The zero-order valence-corrected chi connectivity index (χ0v) is 21.0. The third-order valence-electron chi connectivity index (χ3n) is 5.02. The van der Waals surface area contributed by atoms with Crippen LogP contribution >= 0.6 is 46.1 Å². The molecule has 1 N–H and O–H groups in total. The first kappa shape index (κ1) is 24.0. The van der Waals surface area contributed by atoms with Gasteiger partial charge in [-0.1, -0.05) is 34.8 Å². The van der Waals surface area contributed by atoms with Crippen molar-refractivity contribution in [3.8, 4) is 16.9 Å². The van der Waals surface area contributed by atoms with Crippen LogP contribution in [0.4, 0.5) is 14.6 Å². The molecule has 35 heavy (non-hydrogen) atoms. The standard InChI is InChI=1S/C22H11Cl3F2N4O2S2/c23-11-2-4-18-14(5-11)22(13-3-1-12(24)6-16(13)26)29-31(18)19-8-17(27)20(7-15(19)25)35(32,33)30-21-9-34-10-28-21/h1-10,30H. The van der Waals surface area contributed by atoms with E-state index in [0.29, 0.717) is 15.9 Å². The molecule has 2 heterocycles. The number of benzene rings is 3. The number of sulfonamides is 1. The number of aromatic nitrogens is 3. The monoisotopic (exact) mass is 570 g/mol. The van der Waals surface area contributed by atoms with E-state index >= 15 is 4.39 Å². The van der Waals surface area contributed by atoms with Gasteiger partial charge in [-0.15, -0.1) is 11.3 Å². The first-order valence-corrected chi connectivity index (χ1v) is 13.2. The maximum atomic E-state index is 15.1. The van der Waals surface area contributed by atoms with Crippen LogP contribution in [0.2, 0.25) is 15.1 Å². The van der Waals surface area contributed by atoms with E-state index in [0.717, 1.165) is 18.2 Å². The van der Waals surface area contributed by atoms with E-state index < -0.39 is 26.6 Å². The predicted molar refractivity (Wildman–Crippen MR) is 134 cm³/mol. The van der Waals surface area contributed by atoms with Crippen molar-refractivity contribution in [2.45, 2.75) is 4.90 Å². The normalized spacial score (nSPS) is 11.8. The lowest BCUT2D eigenvalue weighted by atomic mass is 10.1. The van der Waals surface area contributed by atoms with Gasteiger partial charge in [0, 0.05) is 32.4 Å². The van der Waals surface area contributed by atoms with E-state index in [1.54, 1.807) is 18.2 Å². The number of nitrogens with zero attached hydrogens (tertiary/aromatic N) is 3. The second-order valence-corrected chi connectivity index (χ2v) is 10.9. The fourth-order valence-electron chi connectivity index (χ4n) is 3.50. The molecule has 178 valence electrons. The minimum Gasteiger partial charge on any atom is -0.263 e. The number of hydrogen-bond acceptors (Lipinski definition) is 5. The van der Waals surface area contributed by atoms with Crippen LogP contribution in [0.25, 0.3) is 27.8 Å². The molecule has 5 rings (SSSR count). The van der Waals surface area contributed by atoms with Gasteiger partial charge in [-0.25, -0.2) is 26.9 Å². The summed E-state index contributed by atoms with van der Waals surface area (Å²) >= 11 is 19.6. The summed E-state index contributed by atoms with van der Waals surface area (Å²) in [4.78, 5) is 3.17. The Bertz CT molecular complexity index is 1710. The molecule has 13 heteroatoms. The third-order valence-corrected chi connectivity index (χ3v) is 7.75. The highest BCUT2D eigenvalue weighted by Gasteiger charge is 2.25. The fraction of sp³-hybridized carbons (Fsp3) is 0. The molecule has 0 aliphatic rings. The van der Waals surface area contributed by atoms with Gasteiger partial charge in [-0.3, -0.25) is 4.72 Å². The van der Waals surface area contributed by atoms with Crippen molar-refractivity contribution < 1.29 is 17.2 Å². The van der Waals surface area contributed by atoms with Crippen LogP contribution in [-0.4, -0.2) is 23.2 Å². The van der Waals surface area contributed by atoms with Gasteiger partial charge in [0.2, 0.25) is 0 Å². The Balaban J connectivity index is 1.68. The molecule has 0 aliphatic heterocycles. The molecule has 0 radical (unpaired) electrons. The summed E-state index contributed by atoms with van der Waals surface area (Å²) in [5, 5.41) is 6.88. The zero-order valence-electron chi connectivity index (χ0n) is 17.1. The van der Waals surface area contributed by atoms with Gasteiger partial charge in [0.15, 0.2) is 5.82 Å². The summed E-state index contributed by atoms with van der Waals surface area (Å²) in [6.45, 7) is 0. The SMILES string of the molecule is O=S(=O)(Nc1cscn1)c1cc(Cl)c(-n2nc(-c3ccc(Cl)cc3F)c3cc(Cl)ccc32)cc1F. The van der Waals surface area contributed by atoms with Crippen molar-refractivity contribution in [1.29, 1.82) is 0 Å². The summed E-state index contributed by atoms with van der Waals surface area (Å²) in [5.41, 5.74) is 2.28. The van der Waals surface area contributed by atoms with Crippen LogP contribution in [0.5, 0.6) is 0 Å². The highest BCUT2D eigenvalue weighted by molar-refractivity contribution is 7.92. The van der Waals surface area contributed by atoms with Crippen molar-refractivity contribution in [3.05, 3.63) is 86.1 Å². The summed E-state index contributed by atoms with van der Waals surface area (Å²) in [5.74, 6) is -1.63. The minimum absolute atomic E-state index is 0.0460. The van der Waals surface area contributed by atoms with Crippen molar-refractivity contribution in [2.24, 2.45) is 0 Å². The molecule has 0 fully saturated rings. The Morgan fingerprint density at radius 3 is 2.40 bits per heavy atom. The Labute approximate surface area is 216 Å². The topological polar surface area (TPSA) is 76.9 Å². The molecular weight excluding hydrogens is 561 g/mol. The zero-order chi connectivity index (χ0) is 24.9. The highest BCUT2D eigenvalue weighted by atomic mass is 35.5. The predicted octanol–water partition coefficient (Wildman–Crippen LogP) is 7.19. The second kappa shape index (κ2) is 9.03. The van der Waals surface area contributed by atoms with Crippen LogP contribution in [0.3, 0.4) is 0 Å². The van der Waals surface area contributed by atoms with Crippen molar-refractivity contribution in [1.82, 2.24) is 14.8 Å². The first-order chi connectivity index (χ1) is 16.6. The molecule has 0 bridgehead atoms. The summed E-state index contributed by atoms with van der Waals surface area (Å²) in [6.07, 6.45) is 0. The number of rotatable bonds is 5. The average Bonchev–Trinajstić information content (AvgIpc) is 3.42. The maximum Gasteiger partial charge on any atom is 0.266 e. The molecule has 0 unspecified atom stereocenters. The molecule has 2 aromatic heterocycles. The molecule has 0 aliphatic carbocycles. The highest BCUT2D eigenvalue weighted by Crippen LogP contribution is 2.36. The number of hydrogen-bond donors (Lipinski definition) is 1. The molecule has 0 saturated heterocycles. The van der Waals surface area contributed by atoms with Crippen molar-refractivity contribution >= 4 is 72.9 Å². The van der Waals surface area contributed by atoms with Gasteiger partial charge in [0.1, 0.15) is 22.2 Å². The molecule has 0 amide bonds. The first-order valence-electron chi connectivity index (χ1n) is 9.68. The largest absolute Gasteiger partial charge is 0.266 e. The minimum atomic E-state index is -4.31. The third kappa shape index (κ3) is 4.48. The van der Waals surface area contributed by atoms with Crippen LogP contribution in [-0.2, 0) is 10.0 Å². The number of thiazole rings is 1. The molecule has 6 nitrogen and oxygen atoms in total. The molecular formula is C22H11Cl3F2N4O2S2. The van der Waals surface area contributed by atoms with Crippen LogP contribution < -0.4 is 4.72 Å². The smallest absolute Gasteiger partial charge is 0.263 e. The van der Waals surface area contributed by atoms with Gasteiger partial charge < -0.3 is 0 Å². The summed E-state index contributed by atoms with van der Waals surface area (Å²) in [6, 6.07) is 10.8. The second-order valence-electron chi connectivity index (χ2n) is 7.26. The lowest BCUT2D eigenvalue weighted by molar-refractivity contribution is 0.569. The summed E-state index contributed by atoms with van der Waals surface area (Å²) < 4.78 is 58.7. The Hall–Kier alpha value is -2.76. The van der Waals surface area contributed by atoms with Gasteiger partial charge >= 0.3 is 0 Å². The lowest BCUT2D eigenvalue weighted by Gasteiger charge is -2.11. The Morgan fingerprint density at radius 1 is 0.943 bits per heavy atom. The van der Waals surface area contributed by atoms with Crippen LogP contribution in [0.15, 0.2) is 64.3 Å². The van der Waals surface area contributed by atoms with E-state index in [4.69, 9.17) is 34.8 Å². The van der Waals surface area contributed by atoms with Crippen LogP contribution in [0.1, 0.15) is 0 Å². The fourth-order valence-corrected chi connectivity index (χ4v) is 5.78. The van der Waals surface area contributed by atoms with E-state index in [1.165, 1.54) is 39.0 Å². The quantitative estimate of drug-likeness (QED) is 0.242. The van der Waals surface area contributed by atoms with Crippen LogP contribution in [0, 0.1) is 11.6 Å². The Kier molecular flexibility index (Phi) is 6.18. The number of halogens is 5. The van der Waals surface area contributed by atoms with E-state index in [9.17, 15) is 12.8 Å². The van der Waals surface area contributed by atoms with Gasteiger partial charge in [0.25, 0.3) is 10.0 Å². The van der Waals surface area contributed by atoms with E-state index in [1.807, 2.05) is 0 Å². The van der Waals surface area contributed by atoms with E-state index in [-0.39, 0.29) is 32.8 Å². The van der Waals surface area contributed by atoms with Crippen molar-refractivity contribution in [2.75, 3.05) is 4.72 Å². The average molecular weight is 572 g/mol. The Morgan fingerprint density at radius 2 is 1.69 bits per heavy atom. The lowest BCUT2D eigenvalue weighted by Crippen LogP contribution is -2.15. The summed E-state index contributed by atoms with van der Waals surface area (Å²) in [7, 11) is -4.31. The van der Waals surface area contributed by atoms with Gasteiger partial charge in [-0.05, 0) is 42.5 Å². The van der Waals surface area contributed by atoms with Crippen molar-refractivity contribution in [3.63, 3.8) is 0 Å². The number of anilines is 1. The molecule has 5 aromatic rings.